The number of morpholine rings is 1. The van der Waals surface area contributed by atoms with Crippen LogP contribution < -0.4 is 10.6 Å². The second kappa shape index (κ2) is 11.3. The average Bonchev–Trinajstić information content (AvgIpc) is 2.77. The molecular formula is C23H37ClN4O2. The lowest BCUT2D eigenvalue weighted by atomic mass is 9.74. The van der Waals surface area contributed by atoms with Gasteiger partial charge in [-0.25, -0.2) is 0 Å². The SMILES string of the molecule is CN=C(NCC(C(C)C)N1CCOCC1)NCC1(c2ccccc2Cl)CCOCC1. The van der Waals surface area contributed by atoms with Crippen molar-refractivity contribution >= 4 is 17.6 Å². The molecule has 2 saturated heterocycles. The quantitative estimate of drug-likeness (QED) is 0.508. The van der Waals surface area contributed by atoms with Gasteiger partial charge in [0.1, 0.15) is 0 Å². The zero-order valence-corrected chi connectivity index (χ0v) is 19.4. The molecule has 168 valence electrons. The summed E-state index contributed by atoms with van der Waals surface area (Å²) >= 11 is 6.59. The Morgan fingerprint density at radius 2 is 1.77 bits per heavy atom. The lowest BCUT2D eigenvalue weighted by Gasteiger charge is -2.39. The fraction of sp³-hybridized carbons (Fsp3) is 0.696. The average molecular weight is 437 g/mol. The Balaban J connectivity index is 1.63. The summed E-state index contributed by atoms with van der Waals surface area (Å²) in [5, 5.41) is 7.98. The van der Waals surface area contributed by atoms with Crippen LogP contribution in [0, 0.1) is 5.92 Å². The number of ether oxygens (including phenoxy) is 2. The summed E-state index contributed by atoms with van der Waals surface area (Å²) in [6.07, 6.45) is 1.90. The van der Waals surface area contributed by atoms with Gasteiger partial charge in [-0.2, -0.15) is 0 Å². The van der Waals surface area contributed by atoms with Gasteiger partial charge in [-0.3, -0.25) is 9.89 Å². The minimum atomic E-state index is -0.0458. The molecule has 1 aromatic rings. The Hall–Kier alpha value is -1.34. The zero-order valence-electron chi connectivity index (χ0n) is 18.6. The first-order chi connectivity index (χ1) is 14.6. The van der Waals surface area contributed by atoms with Crippen LogP contribution in [0.5, 0.6) is 0 Å². The van der Waals surface area contributed by atoms with Crippen molar-refractivity contribution in [2.75, 3.05) is 59.7 Å². The Kier molecular flexibility index (Phi) is 8.81. The minimum absolute atomic E-state index is 0.0458. The number of rotatable bonds is 7. The highest BCUT2D eigenvalue weighted by atomic mass is 35.5. The number of hydrogen-bond acceptors (Lipinski definition) is 4. The maximum atomic E-state index is 6.59. The molecule has 2 N–H and O–H groups in total. The molecule has 0 bridgehead atoms. The molecule has 2 heterocycles. The molecule has 2 aliphatic heterocycles. The van der Waals surface area contributed by atoms with Gasteiger partial charge in [-0.05, 0) is 30.4 Å². The van der Waals surface area contributed by atoms with Gasteiger partial charge >= 0.3 is 0 Å². The van der Waals surface area contributed by atoms with Crippen LogP contribution in [0.25, 0.3) is 0 Å². The van der Waals surface area contributed by atoms with Crippen LogP contribution >= 0.6 is 11.6 Å². The van der Waals surface area contributed by atoms with E-state index in [1.807, 2.05) is 19.2 Å². The first kappa shape index (κ1) is 23.3. The lowest BCUT2D eigenvalue weighted by Crippen LogP contribution is -2.54. The van der Waals surface area contributed by atoms with E-state index in [9.17, 15) is 0 Å². The molecule has 2 aliphatic rings. The van der Waals surface area contributed by atoms with Gasteiger partial charge in [-0.15, -0.1) is 0 Å². The van der Waals surface area contributed by atoms with E-state index in [0.717, 1.165) is 76.4 Å². The molecule has 0 aliphatic carbocycles. The van der Waals surface area contributed by atoms with Crippen LogP contribution in [0.4, 0.5) is 0 Å². The highest BCUT2D eigenvalue weighted by molar-refractivity contribution is 6.31. The third kappa shape index (κ3) is 5.88. The first-order valence-electron chi connectivity index (χ1n) is 11.1. The van der Waals surface area contributed by atoms with Crippen LogP contribution in [0.15, 0.2) is 29.3 Å². The third-order valence-corrected chi connectivity index (χ3v) is 6.81. The van der Waals surface area contributed by atoms with Crippen molar-refractivity contribution in [1.29, 1.82) is 0 Å². The summed E-state index contributed by atoms with van der Waals surface area (Å²) in [5.74, 6) is 1.39. The predicted octanol–water partition coefficient (Wildman–Crippen LogP) is 2.91. The van der Waals surface area contributed by atoms with Crippen molar-refractivity contribution in [3.63, 3.8) is 0 Å². The molecule has 1 aromatic carbocycles. The molecule has 0 amide bonds. The van der Waals surface area contributed by atoms with Crippen molar-refractivity contribution in [3.8, 4) is 0 Å². The standard InChI is InChI=1S/C23H37ClN4O2/c1-18(2)21(28-10-14-30-15-11-28)16-26-22(25-3)27-17-23(8-12-29-13-9-23)19-6-4-5-7-20(19)24/h4-7,18,21H,8-17H2,1-3H3,(H2,25,26,27). The molecule has 0 aromatic heterocycles. The second-order valence-corrected chi connectivity index (χ2v) is 9.05. The van der Waals surface area contributed by atoms with E-state index in [1.54, 1.807) is 0 Å². The topological polar surface area (TPSA) is 58.1 Å². The lowest BCUT2D eigenvalue weighted by molar-refractivity contribution is 0.00750. The van der Waals surface area contributed by atoms with E-state index in [1.165, 1.54) is 5.56 Å². The van der Waals surface area contributed by atoms with Crippen LogP contribution in [0.1, 0.15) is 32.3 Å². The van der Waals surface area contributed by atoms with Crippen LogP contribution in [-0.2, 0) is 14.9 Å². The Labute approximate surface area is 186 Å². The van der Waals surface area contributed by atoms with E-state index in [0.29, 0.717) is 12.0 Å². The summed E-state index contributed by atoms with van der Waals surface area (Å²) in [6.45, 7) is 11.3. The summed E-state index contributed by atoms with van der Waals surface area (Å²) in [5.41, 5.74) is 1.15. The molecule has 1 unspecified atom stereocenters. The monoisotopic (exact) mass is 436 g/mol. The van der Waals surface area contributed by atoms with Crippen molar-refractivity contribution in [1.82, 2.24) is 15.5 Å². The Morgan fingerprint density at radius 3 is 2.40 bits per heavy atom. The van der Waals surface area contributed by atoms with Crippen LogP contribution in [-0.4, -0.2) is 76.6 Å². The number of aliphatic imine (C=N–C) groups is 1. The normalized spacial score (nSPS) is 21.4. The van der Waals surface area contributed by atoms with Gasteiger partial charge in [0.15, 0.2) is 5.96 Å². The van der Waals surface area contributed by atoms with Crippen molar-refractivity contribution in [2.24, 2.45) is 10.9 Å². The van der Waals surface area contributed by atoms with Gasteiger partial charge in [0, 0.05) is 62.9 Å². The van der Waals surface area contributed by atoms with Crippen LogP contribution in [0.3, 0.4) is 0 Å². The minimum Gasteiger partial charge on any atom is -0.381 e. The highest BCUT2D eigenvalue weighted by Crippen LogP contribution is 2.38. The smallest absolute Gasteiger partial charge is 0.191 e. The molecule has 3 rings (SSSR count). The second-order valence-electron chi connectivity index (χ2n) is 8.64. The summed E-state index contributed by atoms with van der Waals surface area (Å²) < 4.78 is 11.2. The highest BCUT2D eigenvalue weighted by Gasteiger charge is 2.36. The molecule has 0 saturated carbocycles. The zero-order chi connectivity index (χ0) is 21.4. The number of nitrogens with zero attached hydrogens (tertiary/aromatic N) is 2. The van der Waals surface area contributed by atoms with Gasteiger partial charge in [0.2, 0.25) is 0 Å². The number of halogens is 1. The fourth-order valence-corrected chi connectivity index (χ4v) is 4.90. The van der Waals surface area contributed by atoms with Gasteiger partial charge in [-0.1, -0.05) is 43.6 Å². The molecule has 2 fully saturated rings. The largest absolute Gasteiger partial charge is 0.381 e. The fourth-order valence-electron chi connectivity index (χ4n) is 4.57. The van der Waals surface area contributed by atoms with Crippen molar-refractivity contribution in [3.05, 3.63) is 34.9 Å². The summed E-state index contributed by atoms with van der Waals surface area (Å²) in [6, 6.07) is 8.65. The Bertz CT molecular complexity index is 686. The van der Waals surface area contributed by atoms with Crippen molar-refractivity contribution in [2.45, 2.75) is 38.1 Å². The van der Waals surface area contributed by atoms with Gasteiger partial charge < -0.3 is 20.1 Å². The summed E-state index contributed by atoms with van der Waals surface area (Å²) in [7, 11) is 1.83. The van der Waals surface area contributed by atoms with Gasteiger partial charge in [0.25, 0.3) is 0 Å². The molecular weight excluding hydrogens is 400 g/mol. The molecule has 6 nitrogen and oxygen atoms in total. The maximum Gasteiger partial charge on any atom is 0.191 e. The number of nitrogens with one attached hydrogen (secondary N) is 2. The molecule has 0 radical (unpaired) electrons. The van der Waals surface area contributed by atoms with Gasteiger partial charge in [0.05, 0.1) is 13.2 Å². The Morgan fingerprint density at radius 1 is 1.10 bits per heavy atom. The number of guanidine groups is 1. The van der Waals surface area contributed by atoms with Crippen molar-refractivity contribution < 1.29 is 9.47 Å². The number of hydrogen-bond donors (Lipinski definition) is 2. The van der Waals surface area contributed by atoms with E-state index in [4.69, 9.17) is 21.1 Å². The van der Waals surface area contributed by atoms with Crippen LogP contribution in [0.2, 0.25) is 5.02 Å². The van der Waals surface area contributed by atoms with E-state index in [2.05, 4.69) is 46.5 Å². The third-order valence-electron chi connectivity index (χ3n) is 6.48. The molecule has 7 heteroatoms. The maximum absolute atomic E-state index is 6.59. The van der Waals surface area contributed by atoms with E-state index in [-0.39, 0.29) is 5.41 Å². The van der Waals surface area contributed by atoms with E-state index < -0.39 is 0 Å². The number of benzene rings is 1. The van der Waals surface area contributed by atoms with E-state index >= 15 is 0 Å². The molecule has 1 atom stereocenters. The molecule has 30 heavy (non-hydrogen) atoms. The summed E-state index contributed by atoms with van der Waals surface area (Å²) in [4.78, 5) is 7.01. The predicted molar refractivity (Wildman–Crippen MR) is 124 cm³/mol. The first-order valence-corrected chi connectivity index (χ1v) is 11.5. The molecule has 0 spiro atoms.